The number of carbonyl (C=O) groups is 2. The molecule has 2 amide bonds. The largest absolute Gasteiger partial charge is 0.507 e. The predicted octanol–water partition coefficient (Wildman–Crippen LogP) is 2.53. The monoisotopic (exact) mass is 374 g/mol. The van der Waals surface area contributed by atoms with Crippen LogP contribution in [0.5, 0.6) is 11.5 Å². The Bertz CT molecular complexity index is 774. The molecule has 2 N–H and O–H groups in total. The smallest absolute Gasteiger partial charge is 0.263 e. The van der Waals surface area contributed by atoms with Crippen LogP contribution in [0.4, 0.5) is 0 Å². The molecule has 1 atom stereocenters. The van der Waals surface area contributed by atoms with E-state index in [0.29, 0.717) is 38.1 Å². The van der Waals surface area contributed by atoms with E-state index >= 15 is 0 Å². The van der Waals surface area contributed by atoms with Gasteiger partial charge in [0, 0.05) is 38.0 Å². The number of amides is 2. The average Bonchev–Trinajstić information content (AvgIpc) is 3.06. The first-order valence-corrected chi connectivity index (χ1v) is 9.81. The quantitative estimate of drug-likeness (QED) is 0.777. The molecule has 0 spiro atoms. The van der Waals surface area contributed by atoms with Crippen molar-refractivity contribution in [3.8, 4) is 11.5 Å². The van der Waals surface area contributed by atoms with Crippen molar-refractivity contribution in [3.05, 3.63) is 22.3 Å². The van der Waals surface area contributed by atoms with Gasteiger partial charge in [-0.2, -0.15) is 0 Å². The lowest BCUT2D eigenvalue weighted by atomic mass is 9.86. The molecule has 1 fully saturated rings. The topological polar surface area (TPSA) is 78.9 Å². The molecule has 6 heteroatoms. The Hall–Kier alpha value is -2.24. The van der Waals surface area contributed by atoms with Crippen LogP contribution in [0.25, 0.3) is 0 Å². The van der Waals surface area contributed by atoms with Crippen molar-refractivity contribution in [2.24, 2.45) is 0 Å². The third kappa shape index (κ3) is 3.62. The molecule has 1 aromatic carbocycles. The first-order chi connectivity index (χ1) is 12.7. The zero-order valence-corrected chi connectivity index (χ0v) is 16.8. The highest BCUT2D eigenvalue weighted by molar-refractivity contribution is 5.85. The highest BCUT2D eigenvalue weighted by Crippen LogP contribution is 2.43. The van der Waals surface area contributed by atoms with E-state index in [1.54, 1.807) is 0 Å². The normalized spacial score (nSPS) is 21.8. The molecule has 1 saturated heterocycles. The summed E-state index contributed by atoms with van der Waals surface area (Å²) in [6.07, 6.45) is 3.59. The minimum Gasteiger partial charge on any atom is -0.507 e. The average molecular weight is 374 g/mol. The van der Waals surface area contributed by atoms with E-state index in [0.717, 1.165) is 47.4 Å². The van der Waals surface area contributed by atoms with E-state index in [1.807, 2.05) is 32.6 Å². The first kappa shape index (κ1) is 19.5. The van der Waals surface area contributed by atoms with Gasteiger partial charge in [0.2, 0.25) is 5.91 Å². The van der Waals surface area contributed by atoms with E-state index < -0.39 is 5.60 Å². The van der Waals surface area contributed by atoms with Crippen molar-refractivity contribution in [1.82, 2.24) is 10.2 Å². The molecule has 2 aliphatic heterocycles. The van der Waals surface area contributed by atoms with Crippen LogP contribution >= 0.6 is 0 Å². The fourth-order valence-electron chi connectivity index (χ4n) is 4.01. The Morgan fingerprint density at radius 1 is 1.22 bits per heavy atom. The Kier molecular flexibility index (Phi) is 5.36. The molecule has 0 aromatic heterocycles. The highest BCUT2D eigenvalue weighted by atomic mass is 16.5. The fourth-order valence-corrected chi connectivity index (χ4v) is 4.01. The zero-order valence-electron chi connectivity index (χ0n) is 16.8. The number of phenols is 1. The van der Waals surface area contributed by atoms with Gasteiger partial charge in [-0.3, -0.25) is 9.59 Å². The van der Waals surface area contributed by atoms with Crippen molar-refractivity contribution in [2.45, 2.75) is 65.4 Å². The zero-order chi connectivity index (χ0) is 19.8. The van der Waals surface area contributed by atoms with Gasteiger partial charge in [-0.1, -0.05) is 0 Å². The van der Waals surface area contributed by atoms with Crippen LogP contribution in [0.1, 0.15) is 54.9 Å². The summed E-state index contributed by atoms with van der Waals surface area (Å²) in [5.41, 5.74) is 2.60. The first-order valence-electron chi connectivity index (χ1n) is 9.81. The second-order valence-electron chi connectivity index (χ2n) is 7.96. The number of carbonyl (C=O) groups excluding carboxylic acids is 2. The van der Waals surface area contributed by atoms with Crippen molar-refractivity contribution < 1.29 is 19.4 Å². The fraction of sp³-hybridized carbons (Fsp3) is 0.619. The maximum Gasteiger partial charge on any atom is 0.263 e. The van der Waals surface area contributed by atoms with Crippen LogP contribution in [-0.4, -0.2) is 47.1 Å². The molecule has 0 bridgehead atoms. The van der Waals surface area contributed by atoms with Crippen LogP contribution in [-0.2, 0) is 16.0 Å². The number of nitrogens with one attached hydrogen (secondary N) is 1. The van der Waals surface area contributed by atoms with Gasteiger partial charge in [0.1, 0.15) is 11.5 Å². The number of aromatic hydroxyl groups is 1. The summed E-state index contributed by atoms with van der Waals surface area (Å²) < 4.78 is 6.19. The Morgan fingerprint density at radius 2 is 1.96 bits per heavy atom. The van der Waals surface area contributed by atoms with Crippen LogP contribution in [0.15, 0.2) is 0 Å². The summed E-state index contributed by atoms with van der Waals surface area (Å²) in [6.45, 7) is 9.56. The minimum atomic E-state index is -0.920. The van der Waals surface area contributed by atoms with Crippen LogP contribution in [0, 0.1) is 20.8 Å². The van der Waals surface area contributed by atoms with Crippen molar-refractivity contribution in [3.63, 3.8) is 0 Å². The molecule has 1 aromatic rings. The van der Waals surface area contributed by atoms with Crippen LogP contribution < -0.4 is 10.1 Å². The molecule has 2 heterocycles. The van der Waals surface area contributed by atoms with Crippen LogP contribution in [0.3, 0.4) is 0 Å². The number of hydrogen-bond acceptors (Lipinski definition) is 4. The second kappa shape index (κ2) is 7.41. The van der Waals surface area contributed by atoms with Crippen LogP contribution in [0.2, 0.25) is 0 Å². The number of phenolic OH excluding ortho intramolecular Hbond substituents is 1. The van der Waals surface area contributed by atoms with E-state index in [9.17, 15) is 14.7 Å². The lowest BCUT2D eigenvalue weighted by Crippen LogP contribution is -2.51. The summed E-state index contributed by atoms with van der Waals surface area (Å²) in [5.74, 6) is 1.14. The number of benzene rings is 1. The van der Waals surface area contributed by atoms with Gasteiger partial charge in [-0.25, -0.2) is 0 Å². The summed E-state index contributed by atoms with van der Waals surface area (Å²) in [4.78, 5) is 26.3. The van der Waals surface area contributed by atoms with Crippen molar-refractivity contribution >= 4 is 11.8 Å². The number of fused-ring (bicyclic) bond motifs is 1. The Labute approximate surface area is 160 Å². The maximum absolute atomic E-state index is 12.8. The molecule has 1 unspecified atom stereocenters. The lowest BCUT2D eigenvalue weighted by Gasteiger charge is -2.36. The number of ether oxygens (including phenoxy) is 1. The molecule has 27 heavy (non-hydrogen) atoms. The summed E-state index contributed by atoms with van der Waals surface area (Å²) in [5, 5.41) is 13.2. The molecule has 148 valence electrons. The number of rotatable bonds is 5. The predicted molar refractivity (Wildman–Crippen MR) is 103 cm³/mol. The van der Waals surface area contributed by atoms with Gasteiger partial charge in [0.15, 0.2) is 5.60 Å². The minimum absolute atomic E-state index is 0.122. The van der Waals surface area contributed by atoms with E-state index in [1.165, 1.54) is 0 Å². The SMILES string of the molecule is Cc1c(C)c2c(c(C)c1O)CCC(C)(C(=O)NCCCN1CCCC1=O)O2. The molecule has 0 radical (unpaired) electrons. The molecule has 0 aliphatic carbocycles. The number of hydrogen-bond donors (Lipinski definition) is 2. The number of nitrogens with zero attached hydrogens (tertiary/aromatic N) is 1. The molecular weight excluding hydrogens is 344 g/mol. The van der Waals surface area contributed by atoms with Gasteiger partial charge in [0.05, 0.1) is 0 Å². The Balaban J connectivity index is 1.62. The summed E-state index contributed by atoms with van der Waals surface area (Å²) >= 11 is 0. The molecule has 2 aliphatic rings. The highest BCUT2D eigenvalue weighted by Gasteiger charge is 2.40. The molecule has 0 saturated carbocycles. The maximum atomic E-state index is 12.8. The Morgan fingerprint density at radius 3 is 2.63 bits per heavy atom. The van der Waals surface area contributed by atoms with E-state index in [4.69, 9.17) is 4.74 Å². The molecule has 3 rings (SSSR count). The lowest BCUT2D eigenvalue weighted by molar-refractivity contribution is -0.136. The third-order valence-corrected chi connectivity index (χ3v) is 6.06. The number of likely N-dealkylation sites (tertiary alicyclic amines) is 1. The van der Waals surface area contributed by atoms with E-state index in [-0.39, 0.29) is 11.8 Å². The van der Waals surface area contributed by atoms with E-state index in [2.05, 4.69) is 5.32 Å². The van der Waals surface area contributed by atoms with Gasteiger partial charge in [-0.05, 0) is 63.6 Å². The molecular formula is C21H30N2O4. The summed E-state index contributed by atoms with van der Waals surface area (Å²) in [6, 6.07) is 0. The summed E-state index contributed by atoms with van der Waals surface area (Å²) in [7, 11) is 0. The van der Waals surface area contributed by atoms with Crippen molar-refractivity contribution in [1.29, 1.82) is 0 Å². The van der Waals surface area contributed by atoms with Gasteiger partial charge < -0.3 is 20.1 Å². The second-order valence-corrected chi connectivity index (χ2v) is 7.96. The third-order valence-electron chi connectivity index (χ3n) is 6.06. The van der Waals surface area contributed by atoms with Crippen molar-refractivity contribution in [2.75, 3.05) is 19.6 Å². The molecule has 6 nitrogen and oxygen atoms in total. The van der Waals surface area contributed by atoms with Gasteiger partial charge in [0.25, 0.3) is 5.91 Å². The van der Waals surface area contributed by atoms with Gasteiger partial charge >= 0.3 is 0 Å². The standard InChI is InChI=1S/C21H30N2O4/c1-13-14(2)19-16(15(3)18(13)25)8-9-21(4,27-19)20(26)22-10-6-12-23-11-5-7-17(23)24/h25H,5-12H2,1-4H3,(H,22,26). The van der Waals surface area contributed by atoms with Gasteiger partial charge in [-0.15, -0.1) is 0 Å².